The summed E-state index contributed by atoms with van der Waals surface area (Å²) in [4.78, 5) is 31.3. The van der Waals surface area contributed by atoms with Gasteiger partial charge in [-0.3, -0.25) is 4.57 Å². The molecule has 250 valence electrons. The first-order valence-electron chi connectivity index (χ1n) is 14.5. The van der Waals surface area contributed by atoms with Crippen LogP contribution in [0.5, 0.6) is 11.5 Å². The number of benzene rings is 2. The number of hydrogen-bond acceptors (Lipinski definition) is 10. The largest absolute Gasteiger partial charge is 0.497 e. The molecule has 0 aliphatic carbocycles. The number of carbonyl (C=O) groups is 1. The van der Waals surface area contributed by atoms with E-state index in [1.807, 2.05) is 13.8 Å². The molecule has 0 saturated carbocycles. The summed E-state index contributed by atoms with van der Waals surface area (Å²) < 4.78 is 66.7. The summed E-state index contributed by atoms with van der Waals surface area (Å²) in [7, 11) is -6.93. The molecule has 0 bridgehead atoms. The van der Waals surface area contributed by atoms with Crippen molar-refractivity contribution in [2.45, 2.75) is 56.1 Å². The van der Waals surface area contributed by atoms with Crippen LogP contribution in [0, 0.1) is 11.8 Å². The molecule has 2 heterocycles. The van der Waals surface area contributed by atoms with E-state index in [4.69, 9.17) is 33.5 Å². The Morgan fingerprint density at radius 3 is 2.36 bits per heavy atom. The lowest BCUT2D eigenvalue weighted by Gasteiger charge is -2.31. The average Bonchev–Trinajstić information content (AvgIpc) is 3.60. The van der Waals surface area contributed by atoms with Gasteiger partial charge in [0.1, 0.15) is 17.6 Å². The van der Waals surface area contributed by atoms with E-state index in [1.54, 1.807) is 12.1 Å². The third-order valence-corrected chi connectivity index (χ3v) is 9.76. The van der Waals surface area contributed by atoms with Gasteiger partial charge in [0.15, 0.2) is 12.6 Å². The van der Waals surface area contributed by atoms with Crippen molar-refractivity contribution in [3.63, 3.8) is 0 Å². The van der Waals surface area contributed by atoms with Gasteiger partial charge in [-0.2, -0.15) is 4.31 Å². The minimum absolute atomic E-state index is 0.0283. The number of hydrogen-bond donors (Lipinski definition) is 4. The first-order chi connectivity index (χ1) is 21.2. The maximum atomic E-state index is 13.7. The third-order valence-electron chi connectivity index (χ3n) is 7.45. The first kappa shape index (κ1) is 35.1. The van der Waals surface area contributed by atoms with Crippen molar-refractivity contribution in [2.24, 2.45) is 11.8 Å². The Hall–Kier alpha value is -2.75. The Balaban J connectivity index is 1.53. The van der Waals surface area contributed by atoms with Crippen molar-refractivity contribution in [1.82, 2.24) is 9.62 Å². The van der Waals surface area contributed by atoms with Crippen LogP contribution < -0.4 is 14.8 Å². The van der Waals surface area contributed by atoms with Crippen LogP contribution in [0.1, 0.15) is 25.8 Å². The first-order valence-corrected chi connectivity index (χ1v) is 17.8. The van der Waals surface area contributed by atoms with Gasteiger partial charge in [0.2, 0.25) is 10.0 Å². The second kappa shape index (κ2) is 15.2. The quantitative estimate of drug-likeness (QED) is 0.202. The molecule has 4 rings (SSSR count). The number of aliphatic hydroxyl groups is 1. The highest BCUT2D eigenvalue weighted by Gasteiger charge is 2.44. The van der Waals surface area contributed by atoms with E-state index in [9.17, 15) is 22.9 Å². The maximum Gasteiger partial charge on any atom is 0.407 e. The van der Waals surface area contributed by atoms with Gasteiger partial charge < -0.3 is 43.9 Å². The number of methoxy groups -OCH3 is 1. The molecule has 16 heteroatoms. The van der Waals surface area contributed by atoms with Crippen LogP contribution in [0.15, 0.2) is 53.4 Å². The topological polar surface area (TPSA) is 190 Å². The van der Waals surface area contributed by atoms with E-state index in [1.165, 1.54) is 47.8 Å². The van der Waals surface area contributed by atoms with Gasteiger partial charge in [-0.05, 0) is 60.7 Å². The van der Waals surface area contributed by atoms with Crippen LogP contribution >= 0.6 is 7.60 Å². The Kier molecular flexibility index (Phi) is 11.9. The smallest absolute Gasteiger partial charge is 0.407 e. The lowest BCUT2D eigenvalue weighted by Crippen LogP contribution is -2.51. The Morgan fingerprint density at radius 2 is 1.73 bits per heavy atom. The molecule has 2 aliphatic rings. The van der Waals surface area contributed by atoms with Crippen molar-refractivity contribution in [1.29, 1.82) is 0 Å². The van der Waals surface area contributed by atoms with Crippen molar-refractivity contribution >= 4 is 23.7 Å². The molecule has 2 aromatic rings. The normalized spacial score (nSPS) is 21.4. The molecule has 0 aromatic heterocycles. The van der Waals surface area contributed by atoms with E-state index < -0.39 is 54.6 Å². The number of fused-ring (bicyclic) bond motifs is 1. The van der Waals surface area contributed by atoms with Gasteiger partial charge in [0.05, 0.1) is 43.3 Å². The van der Waals surface area contributed by atoms with Gasteiger partial charge in [0.25, 0.3) is 0 Å². The fraction of sp³-hybridized carbons (Fsp3) is 0.552. The fourth-order valence-electron chi connectivity index (χ4n) is 5.20. The summed E-state index contributed by atoms with van der Waals surface area (Å²) in [6.07, 6.45) is -3.15. The molecular formula is C29H41N2O12PS. The van der Waals surface area contributed by atoms with Crippen LogP contribution in [0.3, 0.4) is 0 Å². The van der Waals surface area contributed by atoms with Crippen molar-refractivity contribution in [2.75, 3.05) is 39.8 Å². The minimum atomic E-state index is -4.37. The Morgan fingerprint density at radius 1 is 1.07 bits per heavy atom. The van der Waals surface area contributed by atoms with Gasteiger partial charge in [-0.15, -0.1) is 0 Å². The van der Waals surface area contributed by atoms with E-state index in [-0.39, 0.29) is 48.6 Å². The second-order valence-electron chi connectivity index (χ2n) is 11.5. The zero-order valence-electron chi connectivity index (χ0n) is 25.4. The average molecular weight is 673 g/mol. The molecule has 2 unspecified atom stereocenters. The monoisotopic (exact) mass is 672 g/mol. The molecule has 2 fully saturated rings. The molecule has 2 aliphatic heterocycles. The van der Waals surface area contributed by atoms with E-state index >= 15 is 0 Å². The van der Waals surface area contributed by atoms with E-state index in [0.29, 0.717) is 24.3 Å². The number of amides is 1. The zero-order valence-corrected chi connectivity index (χ0v) is 27.1. The maximum absolute atomic E-state index is 13.7. The highest BCUT2D eigenvalue weighted by Crippen LogP contribution is 2.35. The molecule has 0 radical (unpaired) electrons. The lowest BCUT2D eigenvalue weighted by molar-refractivity contribution is -0.0907. The number of sulfonamides is 1. The van der Waals surface area contributed by atoms with Crippen LogP contribution in [-0.4, -0.2) is 98.0 Å². The highest BCUT2D eigenvalue weighted by atomic mass is 32.2. The second-order valence-corrected chi connectivity index (χ2v) is 15.0. The summed E-state index contributed by atoms with van der Waals surface area (Å²) in [5.74, 6) is 0.533. The molecule has 1 amide bonds. The number of aliphatic hydroxyl groups excluding tert-OH is 1. The minimum Gasteiger partial charge on any atom is -0.497 e. The van der Waals surface area contributed by atoms with Gasteiger partial charge in [0, 0.05) is 13.1 Å². The zero-order chi connectivity index (χ0) is 32.8. The third kappa shape index (κ3) is 9.87. The molecule has 0 spiro atoms. The summed E-state index contributed by atoms with van der Waals surface area (Å²) in [6, 6.07) is 11.2. The number of ether oxygens (including phenoxy) is 5. The number of nitrogens with one attached hydrogen (secondary N) is 1. The number of carbonyl (C=O) groups excluding carboxylic acids is 1. The SMILES string of the molecule is COc1ccc(S(=O)(=O)N(CC(C)C)C[C@@H](O)[C@H](Cc2ccc(OCP(=O)(O)O)cc2)NC(=O)O[C@H]2COC3OCCC32)cc1. The van der Waals surface area contributed by atoms with Crippen LogP contribution in [0.25, 0.3) is 0 Å². The van der Waals surface area contributed by atoms with Crippen LogP contribution in [-0.2, 0) is 35.2 Å². The molecule has 2 aromatic carbocycles. The van der Waals surface area contributed by atoms with Crippen molar-refractivity contribution < 1.29 is 56.4 Å². The fourth-order valence-corrected chi connectivity index (χ4v) is 7.14. The number of rotatable bonds is 15. The summed E-state index contributed by atoms with van der Waals surface area (Å²) in [6.45, 7) is 4.17. The Bertz CT molecular complexity index is 1420. The molecule has 14 nitrogen and oxygen atoms in total. The summed E-state index contributed by atoms with van der Waals surface area (Å²) >= 11 is 0. The van der Waals surface area contributed by atoms with Crippen molar-refractivity contribution in [3.05, 3.63) is 54.1 Å². The van der Waals surface area contributed by atoms with E-state index in [2.05, 4.69) is 5.32 Å². The summed E-state index contributed by atoms with van der Waals surface area (Å²) in [5.41, 5.74) is 0.629. The van der Waals surface area contributed by atoms with Gasteiger partial charge in [-0.1, -0.05) is 26.0 Å². The van der Waals surface area contributed by atoms with Crippen LogP contribution in [0.4, 0.5) is 4.79 Å². The molecule has 5 atom stereocenters. The molecule has 4 N–H and O–H groups in total. The predicted octanol–water partition coefficient (Wildman–Crippen LogP) is 2.32. The van der Waals surface area contributed by atoms with Crippen molar-refractivity contribution in [3.8, 4) is 11.5 Å². The number of alkyl carbamates (subject to hydrolysis) is 1. The summed E-state index contributed by atoms with van der Waals surface area (Å²) in [5, 5.41) is 14.2. The lowest BCUT2D eigenvalue weighted by atomic mass is 10.0. The Labute approximate surface area is 262 Å². The standard InChI is InChI=1S/C29H41N2O12PS/c1-19(2)15-31(45(37,38)23-10-8-21(39-3)9-11-23)16-26(32)25(14-20-4-6-22(7-5-20)42-18-44(34,35)36)30-29(33)43-27-17-41-28-24(27)12-13-40-28/h4-11,19,24-28,32H,12-18H2,1-3H3,(H,30,33)(H2,34,35,36)/t24?,25-,26+,27-,28?/m0/s1. The predicted molar refractivity (Wildman–Crippen MR) is 161 cm³/mol. The molecular weight excluding hydrogens is 631 g/mol. The molecule has 2 saturated heterocycles. The molecule has 45 heavy (non-hydrogen) atoms. The highest BCUT2D eigenvalue weighted by molar-refractivity contribution is 7.89. The number of nitrogens with zero attached hydrogens (tertiary/aromatic N) is 1. The van der Waals surface area contributed by atoms with Gasteiger partial charge in [-0.25, -0.2) is 13.2 Å². The van der Waals surface area contributed by atoms with Gasteiger partial charge >= 0.3 is 13.7 Å². The van der Waals surface area contributed by atoms with E-state index in [0.717, 1.165) is 0 Å². The van der Waals surface area contributed by atoms with Crippen LogP contribution in [0.2, 0.25) is 0 Å².